The van der Waals surface area contributed by atoms with Gasteiger partial charge in [0.25, 0.3) is 0 Å². The third-order valence-corrected chi connectivity index (χ3v) is 15.7. The second-order valence-corrected chi connectivity index (χ2v) is 17.8. The summed E-state index contributed by atoms with van der Waals surface area (Å²) in [6.07, 6.45) is -5.16. The summed E-state index contributed by atoms with van der Waals surface area (Å²) in [5.41, 5.74) is 0. The maximum Gasteiger partial charge on any atom is 0.469 e. The molecule has 2 aliphatic rings. The Morgan fingerprint density at radius 2 is 0.915 bits per heavy atom. The van der Waals surface area contributed by atoms with Gasteiger partial charge >= 0.3 is 22.9 Å². The first-order valence-corrected chi connectivity index (χ1v) is 19.4. The number of piperidine rings is 2. The fourth-order valence-corrected chi connectivity index (χ4v) is 11.7. The molecule has 47 heavy (non-hydrogen) atoms. The van der Waals surface area contributed by atoms with Crippen molar-refractivity contribution >= 4 is 19.7 Å². The van der Waals surface area contributed by atoms with Crippen LogP contribution in [0.1, 0.15) is 105 Å². The topological polar surface area (TPSA) is 68.3 Å². The molecule has 6 nitrogen and oxygen atoms in total. The lowest BCUT2D eigenvalue weighted by molar-refractivity contribution is -0.932. The highest BCUT2D eigenvalue weighted by Gasteiger charge is 2.82. The minimum Gasteiger partial charge on any atom is -0.324 e. The number of alkyl halides is 10. The molecule has 0 amide bonds. The zero-order valence-corrected chi connectivity index (χ0v) is 29.4. The molecule has 0 aromatic heterocycles. The lowest BCUT2D eigenvalue weighted by atomic mass is 10.1. The van der Waals surface area contributed by atoms with E-state index in [1.165, 1.54) is 82.0 Å². The van der Waals surface area contributed by atoms with Crippen molar-refractivity contribution in [2.24, 2.45) is 0 Å². The zero-order chi connectivity index (χ0) is 36.6. The van der Waals surface area contributed by atoms with Crippen molar-refractivity contribution in [3.63, 3.8) is 0 Å². The van der Waals surface area contributed by atoms with Crippen molar-refractivity contribution in [2.75, 3.05) is 52.4 Å². The number of likely N-dealkylation sites (tertiary alicyclic amines) is 2. The number of quaternary nitrogens is 2. The number of halogens is 10. The van der Waals surface area contributed by atoms with Crippen LogP contribution >= 0.6 is 0 Å². The first-order chi connectivity index (χ1) is 21.4. The van der Waals surface area contributed by atoms with Crippen molar-refractivity contribution < 1.29 is 69.7 Å². The monoisotopic (exact) mass is 746 g/mol. The van der Waals surface area contributed by atoms with E-state index in [-0.39, 0.29) is 17.6 Å². The molecule has 0 bridgehead atoms. The Bertz CT molecular complexity index is 1110. The van der Waals surface area contributed by atoms with Gasteiger partial charge in [-0.1, -0.05) is 40.0 Å². The van der Waals surface area contributed by atoms with Crippen molar-refractivity contribution in [3.05, 3.63) is 0 Å². The smallest absolute Gasteiger partial charge is 0.324 e. The van der Waals surface area contributed by atoms with E-state index < -0.39 is 72.5 Å². The predicted molar refractivity (Wildman–Crippen MR) is 160 cm³/mol. The van der Waals surface area contributed by atoms with Crippen molar-refractivity contribution in [3.8, 4) is 0 Å². The number of unbranched alkanes of at least 4 members (excludes halogenated alkanes) is 4. The minimum absolute atomic E-state index is 0.148. The van der Waals surface area contributed by atoms with E-state index in [2.05, 4.69) is 13.8 Å². The number of hydrogen-bond acceptors (Lipinski definition) is 4. The van der Waals surface area contributed by atoms with Crippen LogP contribution in [-0.2, 0) is 19.7 Å². The van der Waals surface area contributed by atoms with Crippen molar-refractivity contribution in [1.82, 2.24) is 0 Å². The average Bonchev–Trinajstić information content (AvgIpc) is 2.97. The summed E-state index contributed by atoms with van der Waals surface area (Å²) in [5, 5.41) is -13.8. The molecule has 0 atom stereocenters. The van der Waals surface area contributed by atoms with Gasteiger partial charge in [0.05, 0.1) is 52.4 Å². The van der Waals surface area contributed by atoms with E-state index in [0.29, 0.717) is 12.8 Å². The Balaban J connectivity index is 0.000000611. The molecule has 0 spiro atoms. The molecule has 2 fully saturated rings. The predicted octanol–water partition coefficient (Wildman–Crippen LogP) is 8.23. The molecule has 0 aromatic rings. The molecule has 2 aliphatic heterocycles. The largest absolute Gasteiger partial charge is 0.469 e. The van der Waals surface area contributed by atoms with Crippen LogP contribution < -0.4 is 0 Å². The van der Waals surface area contributed by atoms with Gasteiger partial charge in [0.2, 0.25) is 19.7 Å². The molecular formula is C29H52F10N2O4S2+2. The molecule has 0 saturated carbocycles. The van der Waals surface area contributed by atoms with E-state index in [4.69, 9.17) is 0 Å². The highest BCUT2D eigenvalue weighted by molar-refractivity contribution is 8.11. The Kier molecular flexibility index (Phi) is 15.4. The molecule has 2 rings (SSSR count). The molecule has 2 saturated heterocycles. The lowest BCUT2D eigenvalue weighted by Crippen LogP contribution is -2.69. The van der Waals surface area contributed by atoms with Gasteiger partial charge in [-0.3, -0.25) is 0 Å². The van der Waals surface area contributed by atoms with E-state index in [9.17, 15) is 60.7 Å². The van der Waals surface area contributed by atoms with Crippen LogP contribution in [0.25, 0.3) is 0 Å². The highest BCUT2D eigenvalue weighted by atomic mass is 32.3. The summed E-state index contributed by atoms with van der Waals surface area (Å²) in [5.74, 6) is 0. The normalized spacial score (nSPS) is 20.7. The van der Waals surface area contributed by atoms with Crippen molar-refractivity contribution in [1.29, 1.82) is 0 Å². The van der Waals surface area contributed by atoms with Gasteiger partial charge < -0.3 is 8.97 Å². The SMILES string of the molecule is CCCCCCC[N+]1(CC)CCCCC1.CCC[N+]1(CCC)CCC(S(=O)(=O)C(F)(F)C(F)(F)F)(S(=O)(=O)C(F)(F)C(F)(F)F)CC1. The van der Waals surface area contributed by atoms with Crippen LogP contribution in [0.15, 0.2) is 0 Å². The zero-order valence-electron chi connectivity index (χ0n) is 27.8. The third-order valence-electron chi connectivity index (χ3n) is 9.82. The minimum atomic E-state index is -7.50. The number of sulfone groups is 2. The molecule has 0 aromatic carbocycles. The fourth-order valence-electron chi connectivity index (χ4n) is 6.95. The molecule has 0 aliphatic carbocycles. The van der Waals surface area contributed by atoms with E-state index in [1.807, 2.05) is 0 Å². The Morgan fingerprint density at radius 3 is 1.26 bits per heavy atom. The van der Waals surface area contributed by atoms with Crippen LogP contribution in [-0.4, -0.2) is 105 Å². The van der Waals surface area contributed by atoms with Gasteiger partial charge in [0.15, 0.2) is 4.08 Å². The maximum absolute atomic E-state index is 13.9. The summed E-state index contributed by atoms with van der Waals surface area (Å²) in [6, 6.07) is 0. The number of rotatable bonds is 15. The number of hydrogen-bond donors (Lipinski definition) is 0. The van der Waals surface area contributed by atoms with Gasteiger partial charge in [-0.15, -0.1) is 0 Å². The summed E-state index contributed by atoms with van der Waals surface area (Å²) >= 11 is 0. The van der Waals surface area contributed by atoms with Crippen LogP contribution in [0, 0.1) is 0 Å². The molecule has 0 radical (unpaired) electrons. The molecule has 0 unspecified atom stereocenters. The molecular weight excluding hydrogens is 694 g/mol. The van der Waals surface area contributed by atoms with Gasteiger partial charge in [-0.05, 0) is 51.9 Å². The van der Waals surface area contributed by atoms with Crippen LogP contribution in [0.2, 0.25) is 0 Å². The highest BCUT2D eigenvalue weighted by Crippen LogP contribution is 2.55. The van der Waals surface area contributed by atoms with Gasteiger partial charge in [0.1, 0.15) is 0 Å². The number of nitrogens with zero attached hydrogens (tertiary/aromatic N) is 2. The molecule has 2 heterocycles. The average molecular weight is 747 g/mol. The first kappa shape index (κ1) is 44.1. The second-order valence-electron chi connectivity index (χ2n) is 13.0. The summed E-state index contributed by atoms with van der Waals surface area (Å²) in [4.78, 5) is 0. The fraction of sp³-hybridized carbons (Fsp3) is 1.00. The first-order valence-electron chi connectivity index (χ1n) is 16.4. The van der Waals surface area contributed by atoms with E-state index in [1.54, 1.807) is 13.8 Å². The van der Waals surface area contributed by atoms with Gasteiger partial charge in [0, 0.05) is 12.8 Å². The second kappa shape index (κ2) is 16.4. The van der Waals surface area contributed by atoms with Crippen LogP contribution in [0.4, 0.5) is 43.9 Å². The summed E-state index contributed by atoms with van der Waals surface area (Å²) in [7, 11) is -15.0. The van der Waals surface area contributed by atoms with Gasteiger partial charge in [-0.2, -0.15) is 43.9 Å². The molecule has 282 valence electrons. The summed E-state index contributed by atoms with van der Waals surface area (Å²) < 4.78 is 179. The van der Waals surface area contributed by atoms with Crippen molar-refractivity contribution in [2.45, 2.75) is 132 Å². The van der Waals surface area contributed by atoms with Gasteiger partial charge in [-0.25, -0.2) is 16.8 Å². The lowest BCUT2D eigenvalue weighted by Gasteiger charge is -2.48. The van der Waals surface area contributed by atoms with E-state index in [0.717, 1.165) is 0 Å². The Hall–Kier alpha value is -0.880. The Labute approximate surface area is 273 Å². The maximum atomic E-state index is 13.9. The standard InChI is InChI=1S/C15H22F10NO4S2.C14H30N/c1-3-7-26(8-4-2)9-5-11(6-10-26,31(27,28)14(22,23)12(16,17)18)32(29,30)15(24,25)13(19,20)21;1-3-5-6-7-9-12-15(4-2)13-10-8-11-14-15/h3-10H2,1-2H3;3-14H2,1-2H3/q2*+1. The third kappa shape index (κ3) is 9.08. The quantitative estimate of drug-likeness (QED) is 0.0963. The van der Waals surface area contributed by atoms with E-state index >= 15 is 0 Å². The van der Waals surface area contributed by atoms with Crippen LogP contribution in [0.3, 0.4) is 0 Å². The molecule has 18 heteroatoms. The summed E-state index contributed by atoms with van der Waals surface area (Å²) in [6.45, 7) is 12.3. The Morgan fingerprint density at radius 1 is 0.511 bits per heavy atom. The van der Waals surface area contributed by atoms with Crippen LogP contribution in [0.5, 0.6) is 0 Å². The molecule has 0 N–H and O–H groups in total.